The standard InChI is InChI=1S/C10H20N2O2S/c1-8(11)9-3-2-6-12(7-9)15(13,14)10-4-5-10/h8-10H,2-7,11H2,1H3. The van der Waals surface area contributed by atoms with Gasteiger partial charge in [0.15, 0.2) is 0 Å². The zero-order valence-corrected chi connectivity index (χ0v) is 10.0. The first kappa shape index (κ1) is 11.4. The van der Waals surface area contributed by atoms with E-state index >= 15 is 0 Å². The molecule has 88 valence electrons. The molecule has 2 atom stereocenters. The zero-order chi connectivity index (χ0) is 11.1. The molecule has 15 heavy (non-hydrogen) atoms. The first-order chi connectivity index (χ1) is 7.01. The maximum Gasteiger partial charge on any atom is 0.216 e. The maximum atomic E-state index is 12.0. The molecular formula is C10H20N2O2S. The van der Waals surface area contributed by atoms with Gasteiger partial charge >= 0.3 is 0 Å². The van der Waals surface area contributed by atoms with Gasteiger partial charge in [0.2, 0.25) is 10.0 Å². The first-order valence-corrected chi connectivity index (χ1v) is 7.26. The molecule has 0 aromatic carbocycles. The van der Waals surface area contributed by atoms with E-state index in [0.29, 0.717) is 19.0 Å². The average molecular weight is 232 g/mol. The van der Waals surface area contributed by atoms with Gasteiger partial charge in [-0.2, -0.15) is 0 Å². The number of rotatable bonds is 3. The highest BCUT2D eigenvalue weighted by Crippen LogP contribution is 2.33. The van der Waals surface area contributed by atoms with Gasteiger partial charge in [-0.3, -0.25) is 0 Å². The van der Waals surface area contributed by atoms with Gasteiger partial charge in [-0.05, 0) is 38.5 Å². The van der Waals surface area contributed by atoms with Crippen LogP contribution in [0.2, 0.25) is 0 Å². The summed E-state index contributed by atoms with van der Waals surface area (Å²) >= 11 is 0. The van der Waals surface area contributed by atoms with Crippen LogP contribution in [0.4, 0.5) is 0 Å². The summed E-state index contributed by atoms with van der Waals surface area (Å²) in [7, 11) is -2.98. The molecular weight excluding hydrogens is 212 g/mol. The molecule has 0 aromatic heterocycles. The van der Waals surface area contributed by atoms with E-state index in [1.54, 1.807) is 4.31 Å². The molecule has 1 saturated heterocycles. The molecule has 2 fully saturated rings. The lowest BCUT2D eigenvalue weighted by Crippen LogP contribution is -2.46. The van der Waals surface area contributed by atoms with Crippen molar-refractivity contribution in [2.75, 3.05) is 13.1 Å². The topological polar surface area (TPSA) is 63.4 Å². The van der Waals surface area contributed by atoms with Crippen LogP contribution in [-0.2, 0) is 10.0 Å². The normalized spacial score (nSPS) is 31.5. The number of nitrogens with two attached hydrogens (primary N) is 1. The predicted molar refractivity (Wildman–Crippen MR) is 59.9 cm³/mol. The molecule has 2 unspecified atom stereocenters. The van der Waals surface area contributed by atoms with Crippen molar-refractivity contribution < 1.29 is 8.42 Å². The Morgan fingerprint density at radius 2 is 2.00 bits per heavy atom. The lowest BCUT2D eigenvalue weighted by atomic mass is 9.93. The molecule has 0 radical (unpaired) electrons. The molecule has 0 amide bonds. The van der Waals surface area contributed by atoms with Crippen molar-refractivity contribution in [3.05, 3.63) is 0 Å². The van der Waals surface area contributed by atoms with Gasteiger partial charge < -0.3 is 5.73 Å². The van der Waals surface area contributed by atoms with Crippen LogP contribution in [0.5, 0.6) is 0 Å². The third-order valence-corrected chi connectivity index (χ3v) is 5.83. The summed E-state index contributed by atoms with van der Waals surface area (Å²) in [4.78, 5) is 0. The first-order valence-electron chi connectivity index (χ1n) is 5.76. The summed E-state index contributed by atoms with van der Waals surface area (Å²) in [6.07, 6.45) is 3.72. The zero-order valence-electron chi connectivity index (χ0n) is 9.22. The van der Waals surface area contributed by atoms with Gasteiger partial charge in [0, 0.05) is 19.1 Å². The van der Waals surface area contributed by atoms with Crippen molar-refractivity contribution in [1.82, 2.24) is 4.31 Å². The van der Waals surface area contributed by atoms with Crippen LogP contribution in [0.1, 0.15) is 32.6 Å². The highest BCUT2D eigenvalue weighted by atomic mass is 32.2. The minimum Gasteiger partial charge on any atom is -0.328 e. The Balaban J connectivity index is 2.03. The van der Waals surface area contributed by atoms with Crippen molar-refractivity contribution >= 4 is 10.0 Å². The average Bonchev–Trinajstić information content (AvgIpc) is 3.01. The molecule has 5 heteroatoms. The van der Waals surface area contributed by atoms with Crippen molar-refractivity contribution in [3.63, 3.8) is 0 Å². The van der Waals surface area contributed by atoms with E-state index in [-0.39, 0.29) is 11.3 Å². The van der Waals surface area contributed by atoms with Gasteiger partial charge in [0.25, 0.3) is 0 Å². The number of nitrogens with zero attached hydrogens (tertiary/aromatic N) is 1. The summed E-state index contributed by atoms with van der Waals surface area (Å²) < 4.78 is 25.7. The molecule has 1 saturated carbocycles. The number of hydrogen-bond donors (Lipinski definition) is 1. The van der Waals surface area contributed by atoms with Crippen LogP contribution in [0.3, 0.4) is 0 Å². The molecule has 1 heterocycles. The Labute approximate surface area is 91.9 Å². The highest BCUT2D eigenvalue weighted by Gasteiger charge is 2.41. The van der Waals surface area contributed by atoms with E-state index in [2.05, 4.69) is 0 Å². The maximum absolute atomic E-state index is 12.0. The molecule has 2 N–H and O–H groups in total. The smallest absolute Gasteiger partial charge is 0.216 e. The molecule has 4 nitrogen and oxygen atoms in total. The second kappa shape index (κ2) is 4.03. The minimum absolute atomic E-state index is 0.0793. The largest absolute Gasteiger partial charge is 0.328 e. The fourth-order valence-corrected chi connectivity index (χ4v) is 4.15. The van der Waals surface area contributed by atoms with Crippen LogP contribution in [0, 0.1) is 5.92 Å². The monoisotopic (exact) mass is 232 g/mol. The van der Waals surface area contributed by atoms with Gasteiger partial charge in [-0.25, -0.2) is 12.7 Å². The fourth-order valence-electron chi connectivity index (χ4n) is 2.21. The second-order valence-corrected chi connectivity index (χ2v) is 7.08. The summed E-state index contributed by atoms with van der Waals surface area (Å²) in [5, 5.41) is -0.0793. The van der Waals surface area contributed by atoms with E-state index in [9.17, 15) is 8.42 Å². The van der Waals surface area contributed by atoms with E-state index in [1.165, 1.54) is 0 Å². The molecule has 1 aliphatic heterocycles. The summed E-state index contributed by atoms with van der Waals surface area (Å²) in [5.74, 6) is 0.340. The van der Waals surface area contributed by atoms with Crippen molar-refractivity contribution in [3.8, 4) is 0 Å². The molecule has 2 rings (SSSR count). The van der Waals surface area contributed by atoms with E-state index in [0.717, 1.165) is 25.7 Å². The molecule has 0 spiro atoms. The SMILES string of the molecule is CC(N)C1CCCN(S(=O)(=O)C2CC2)C1. The van der Waals surface area contributed by atoms with E-state index < -0.39 is 10.0 Å². The van der Waals surface area contributed by atoms with E-state index in [1.807, 2.05) is 6.92 Å². The van der Waals surface area contributed by atoms with Crippen LogP contribution < -0.4 is 5.73 Å². The van der Waals surface area contributed by atoms with Crippen molar-refractivity contribution in [2.45, 2.75) is 43.9 Å². The third-order valence-electron chi connectivity index (χ3n) is 3.47. The Hall–Kier alpha value is -0.130. The van der Waals surface area contributed by atoms with Crippen LogP contribution >= 0.6 is 0 Å². The Morgan fingerprint density at radius 1 is 1.33 bits per heavy atom. The van der Waals surface area contributed by atoms with Gasteiger partial charge in [-0.15, -0.1) is 0 Å². The lowest BCUT2D eigenvalue weighted by Gasteiger charge is -2.33. The van der Waals surface area contributed by atoms with Gasteiger partial charge in [0.1, 0.15) is 0 Å². The summed E-state index contributed by atoms with van der Waals surface area (Å²) in [6.45, 7) is 3.30. The Kier molecular flexibility index (Phi) is 3.05. The van der Waals surface area contributed by atoms with Crippen molar-refractivity contribution in [1.29, 1.82) is 0 Å². The summed E-state index contributed by atoms with van der Waals surface area (Å²) in [5.41, 5.74) is 5.84. The highest BCUT2D eigenvalue weighted by molar-refractivity contribution is 7.90. The van der Waals surface area contributed by atoms with Gasteiger partial charge in [0.05, 0.1) is 5.25 Å². The summed E-state index contributed by atoms with van der Waals surface area (Å²) in [6, 6.07) is 0.0993. The number of sulfonamides is 1. The predicted octanol–water partition coefficient (Wildman–Crippen LogP) is 0.538. The molecule has 0 bridgehead atoms. The fraction of sp³-hybridized carbons (Fsp3) is 1.00. The minimum atomic E-state index is -2.98. The van der Waals surface area contributed by atoms with Crippen LogP contribution in [0.15, 0.2) is 0 Å². The quantitative estimate of drug-likeness (QED) is 0.772. The van der Waals surface area contributed by atoms with Crippen molar-refractivity contribution in [2.24, 2.45) is 11.7 Å². The second-order valence-electron chi connectivity index (χ2n) is 4.86. The molecule has 1 aliphatic carbocycles. The Bertz CT molecular complexity index is 322. The number of piperidine rings is 1. The van der Waals surface area contributed by atoms with Gasteiger partial charge in [-0.1, -0.05) is 0 Å². The number of hydrogen-bond acceptors (Lipinski definition) is 3. The Morgan fingerprint density at radius 3 is 2.53 bits per heavy atom. The van der Waals surface area contributed by atoms with Crippen LogP contribution in [-0.4, -0.2) is 37.1 Å². The van der Waals surface area contributed by atoms with Crippen LogP contribution in [0.25, 0.3) is 0 Å². The lowest BCUT2D eigenvalue weighted by molar-refractivity contribution is 0.243. The van der Waals surface area contributed by atoms with E-state index in [4.69, 9.17) is 5.73 Å². The molecule has 2 aliphatic rings. The third kappa shape index (κ3) is 2.34. The molecule has 0 aromatic rings.